The lowest BCUT2D eigenvalue weighted by atomic mass is 10.00. The Morgan fingerprint density at radius 1 is 1.32 bits per heavy atom. The molecule has 1 aliphatic rings. The lowest BCUT2D eigenvalue weighted by Gasteiger charge is -2.33. The lowest BCUT2D eigenvalue weighted by molar-refractivity contribution is 0.145. The fraction of sp³-hybridized carbons (Fsp3) is 0.824. The average molecular weight is 464 g/mol. The Hall–Kier alpha value is -0.900. The van der Waals surface area contributed by atoms with Gasteiger partial charge in [0.15, 0.2) is 11.8 Å². The highest BCUT2D eigenvalue weighted by molar-refractivity contribution is 14.0. The van der Waals surface area contributed by atoms with Crippen molar-refractivity contribution in [3.05, 3.63) is 11.6 Å². The molecule has 1 saturated heterocycles. The predicted molar refractivity (Wildman–Crippen MR) is 111 cm³/mol. The summed E-state index contributed by atoms with van der Waals surface area (Å²) in [5.41, 5.74) is 0. The maximum atomic E-state index is 5.41. The normalized spacial score (nSPS) is 16.0. The number of aliphatic imine (C=N–C) groups is 1. The highest BCUT2D eigenvalue weighted by atomic mass is 127. The van der Waals surface area contributed by atoms with Crippen LogP contribution in [0.3, 0.4) is 0 Å². The molecule has 1 fully saturated rings. The second kappa shape index (κ2) is 11.7. The number of rotatable bonds is 7. The number of piperidine rings is 1. The quantitative estimate of drug-likeness (QED) is 0.291. The van der Waals surface area contributed by atoms with Gasteiger partial charge in [-0.15, -0.1) is 34.2 Å². The molecule has 2 rings (SSSR count). The van der Waals surface area contributed by atoms with Crippen LogP contribution in [0.15, 0.2) is 4.99 Å². The van der Waals surface area contributed by atoms with Gasteiger partial charge in [-0.05, 0) is 39.0 Å². The molecule has 0 unspecified atom stereocenters. The number of hydrogen-bond donors (Lipinski definition) is 1. The molecule has 0 aromatic carbocycles. The first-order chi connectivity index (χ1) is 11.6. The van der Waals surface area contributed by atoms with Gasteiger partial charge >= 0.3 is 0 Å². The SMILES string of the molecule is CCOCCCNC(=NCc1nnc(C)n1C)N1CCC(C)CC1.I. The first kappa shape index (κ1) is 22.1. The summed E-state index contributed by atoms with van der Waals surface area (Å²) < 4.78 is 7.40. The second-order valence-electron chi connectivity index (χ2n) is 6.51. The zero-order chi connectivity index (χ0) is 17.4. The van der Waals surface area contributed by atoms with E-state index < -0.39 is 0 Å². The van der Waals surface area contributed by atoms with Crippen molar-refractivity contribution < 1.29 is 4.74 Å². The van der Waals surface area contributed by atoms with Gasteiger partial charge in [0.2, 0.25) is 0 Å². The lowest BCUT2D eigenvalue weighted by Crippen LogP contribution is -2.45. The molecule has 7 nitrogen and oxygen atoms in total. The van der Waals surface area contributed by atoms with Crippen LogP contribution in [0.5, 0.6) is 0 Å². The zero-order valence-corrected chi connectivity index (χ0v) is 18.3. The van der Waals surface area contributed by atoms with Crippen LogP contribution >= 0.6 is 24.0 Å². The highest BCUT2D eigenvalue weighted by Gasteiger charge is 2.19. The monoisotopic (exact) mass is 464 g/mol. The van der Waals surface area contributed by atoms with Crippen LogP contribution in [0, 0.1) is 12.8 Å². The summed E-state index contributed by atoms with van der Waals surface area (Å²) >= 11 is 0. The van der Waals surface area contributed by atoms with E-state index in [1.165, 1.54) is 12.8 Å². The van der Waals surface area contributed by atoms with E-state index in [9.17, 15) is 0 Å². The Bertz CT molecular complexity index is 525. The molecule has 2 heterocycles. The third kappa shape index (κ3) is 7.08. The molecule has 25 heavy (non-hydrogen) atoms. The maximum Gasteiger partial charge on any atom is 0.194 e. The maximum absolute atomic E-state index is 5.41. The Kier molecular flexibility index (Phi) is 10.3. The Morgan fingerprint density at radius 3 is 2.64 bits per heavy atom. The largest absolute Gasteiger partial charge is 0.382 e. The highest BCUT2D eigenvalue weighted by Crippen LogP contribution is 2.16. The number of nitrogens with zero attached hydrogens (tertiary/aromatic N) is 5. The molecule has 1 aromatic rings. The Labute approximate surface area is 168 Å². The number of aromatic nitrogens is 3. The number of halogens is 1. The molecule has 1 N–H and O–H groups in total. The fourth-order valence-corrected chi connectivity index (χ4v) is 2.74. The Balaban J connectivity index is 0.00000312. The van der Waals surface area contributed by atoms with Crippen molar-refractivity contribution in [2.45, 2.75) is 46.6 Å². The van der Waals surface area contributed by atoms with Gasteiger partial charge < -0.3 is 19.5 Å². The van der Waals surface area contributed by atoms with Crippen LogP contribution in [0.1, 0.15) is 44.8 Å². The van der Waals surface area contributed by atoms with Crippen LogP contribution < -0.4 is 5.32 Å². The van der Waals surface area contributed by atoms with E-state index in [2.05, 4.69) is 27.3 Å². The molecular weight excluding hydrogens is 431 g/mol. The van der Waals surface area contributed by atoms with Crippen molar-refractivity contribution in [3.8, 4) is 0 Å². The van der Waals surface area contributed by atoms with E-state index in [0.29, 0.717) is 6.54 Å². The van der Waals surface area contributed by atoms with Crippen molar-refractivity contribution >= 4 is 29.9 Å². The zero-order valence-electron chi connectivity index (χ0n) is 16.0. The van der Waals surface area contributed by atoms with Crippen LogP contribution in [-0.4, -0.2) is 58.5 Å². The predicted octanol–water partition coefficient (Wildman–Crippen LogP) is 2.35. The molecule has 1 aromatic heterocycles. The molecule has 0 bridgehead atoms. The van der Waals surface area contributed by atoms with Gasteiger partial charge in [0.05, 0.1) is 0 Å². The molecule has 0 saturated carbocycles. The van der Waals surface area contributed by atoms with E-state index in [1.807, 2.05) is 25.5 Å². The van der Waals surface area contributed by atoms with E-state index in [1.54, 1.807) is 0 Å². The van der Waals surface area contributed by atoms with Crippen LogP contribution in [-0.2, 0) is 18.3 Å². The fourth-order valence-electron chi connectivity index (χ4n) is 2.74. The van der Waals surface area contributed by atoms with Crippen molar-refractivity contribution in [1.29, 1.82) is 0 Å². The number of guanidine groups is 1. The minimum atomic E-state index is 0. The summed E-state index contributed by atoms with van der Waals surface area (Å²) in [6, 6.07) is 0. The molecule has 0 atom stereocenters. The van der Waals surface area contributed by atoms with Crippen LogP contribution in [0.25, 0.3) is 0 Å². The van der Waals surface area contributed by atoms with Gasteiger partial charge in [0, 0.05) is 39.9 Å². The van der Waals surface area contributed by atoms with Gasteiger partial charge in [-0.1, -0.05) is 6.92 Å². The molecule has 0 amide bonds. The standard InChI is InChI=1S/C17H32N6O.HI/c1-5-24-12-6-9-18-17(23-10-7-14(2)8-11-23)19-13-16-21-20-15(3)22(16)4;/h14H,5-13H2,1-4H3,(H,18,19);1H. The first-order valence-electron chi connectivity index (χ1n) is 9.07. The molecule has 0 spiro atoms. The number of ether oxygens (including phenoxy) is 1. The third-order valence-corrected chi connectivity index (χ3v) is 4.59. The number of likely N-dealkylation sites (tertiary alicyclic amines) is 1. The van der Waals surface area contributed by atoms with Gasteiger partial charge in [-0.25, -0.2) is 4.99 Å². The minimum Gasteiger partial charge on any atom is -0.382 e. The summed E-state index contributed by atoms with van der Waals surface area (Å²) in [5.74, 6) is 3.60. The Morgan fingerprint density at radius 2 is 2.04 bits per heavy atom. The van der Waals surface area contributed by atoms with Gasteiger partial charge in [-0.2, -0.15) is 0 Å². The summed E-state index contributed by atoms with van der Waals surface area (Å²) in [5, 5.41) is 11.8. The van der Waals surface area contributed by atoms with Crippen molar-refractivity contribution in [3.63, 3.8) is 0 Å². The van der Waals surface area contributed by atoms with Crippen molar-refractivity contribution in [1.82, 2.24) is 25.0 Å². The van der Waals surface area contributed by atoms with Crippen LogP contribution in [0.4, 0.5) is 0 Å². The first-order valence-corrected chi connectivity index (χ1v) is 9.07. The number of aryl methyl sites for hydroxylation is 1. The van der Waals surface area contributed by atoms with Gasteiger partial charge in [0.1, 0.15) is 12.4 Å². The smallest absolute Gasteiger partial charge is 0.194 e. The van der Waals surface area contributed by atoms with Crippen molar-refractivity contribution in [2.24, 2.45) is 18.0 Å². The summed E-state index contributed by atoms with van der Waals surface area (Å²) in [7, 11) is 1.98. The summed E-state index contributed by atoms with van der Waals surface area (Å²) in [6.45, 7) is 11.4. The third-order valence-electron chi connectivity index (χ3n) is 4.59. The molecule has 8 heteroatoms. The van der Waals surface area contributed by atoms with E-state index in [0.717, 1.165) is 62.8 Å². The topological polar surface area (TPSA) is 67.6 Å². The molecule has 1 aliphatic heterocycles. The molecule has 0 radical (unpaired) electrons. The van der Waals surface area contributed by atoms with Gasteiger partial charge in [0.25, 0.3) is 0 Å². The average Bonchev–Trinajstić information content (AvgIpc) is 2.90. The molecular formula is C17H33IN6O. The van der Waals surface area contributed by atoms with E-state index in [4.69, 9.17) is 9.73 Å². The summed E-state index contributed by atoms with van der Waals surface area (Å²) in [6.07, 6.45) is 3.44. The number of hydrogen-bond acceptors (Lipinski definition) is 4. The molecule has 144 valence electrons. The molecule has 0 aliphatic carbocycles. The minimum absolute atomic E-state index is 0. The summed E-state index contributed by atoms with van der Waals surface area (Å²) in [4.78, 5) is 7.17. The van der Waals surface area contributed by atoms with E-state index in [-0.39, 0.29) is 24.0 Å². The van der Waals surface area contributed by atoms with E-state index >= 15 is 0 Å². The van der Waals surface area contributed by atoms with Crippen molar-refractivity contribution in [2.75, 3.05) is 32.8 Å². The second-order valence-corrected chi connectivity index (χ2v) is 6.51. The number of nitrogens with one attached hydrogen (secondary N) is 1. The van der Waals surface area contributed by atoms with Gasteiger partial charge in [-0.3, -0.25) is 0 Å². The van der Waals surface area contributed by atoms with Crippen LogP contribution in [0.2, 0.25) is 0 Å².